The highest BCUT2D eigenvalue weighted by Crippen LogP contribution is 2.10. The molecule has 0 aromatic heterocycles. The summed E-state index contributed by atoms with van der Waals surface area (Å²) in [5.74, 6) is -0.353. The molecule has 0 radical (unpaired) electrons. The van der Waals surface area contributed by atoms with Gasteiger partial charge in [0, 0.05) is 6.54 Å². The molecule has 118 valence electrons. The van der Waals surface area contributed by atoms with Gasteiger partial charge in [0.15, 0.2) is 0 Å². The summed E-state index contributed by atoms with van der Waals surface area (Å²) >= 11 is 0. The van der Waals surface area contributed by atoms with Crippen LogP contribution in [-0.2, 0) is 14.3 Å². The van der Waals surface area contributed by atoms with Crippen LogP contribution in [0.4, 0.5) is 4.79 Å². The third kappa shape index (κ3) is 10.6. The molecule has 0 saturated heterocycles. The molecule has 0 saturated carbocycles. The lowest BCUT2D eigenvalue weighted by atomic mass is 10.1. The molecule has 2 N–H and O–H groups in total. The quantitative estimate of drug-likeness (QED) is 0.755. The summed E-state index contributed by atoms with van der Waals surface area (Å²) < 4.78 is 10.4. The third-order valence-corrected chi connectivity index (χ3v) is 2.00. The summed E-state index contributed by atoms with van der Waals surface area (Å²) in [7, 11) is 1.75. The van der Waals surface area contributed by atoms with Crippen molar-refractivity contribution in [2.45, 2.75) is 65.2 Å². The predicted octanol–water partition coefficient (Wildman–Crippen LogP) is 1.83. The van der Waals surface area contributed by atoms with Gasteiger partial charge in [-0.1, -0.05) is 0 Å². The Hall–Kier alpha value is -1.30. The van der Waals surface area contributed by atoms with E-state index in [0.717, 1.165) is 0 Å². The Bertz CT molecular complexity index is 299. The van der Waals surface area contributed by atoms with Gasteiger partial charge in [0.2, 0.25) is 0 Å². The molecule has 0 aromatic rings. The Kier molecular flexibility index (Phi) is 6.99. The average Bonchev–Trinajstić information content (AvgIpc) is 2.10. The lowest BCUT2D eigenvalue weighted by Gasteiger charge is -2.25. The van der Waals surface area contributed by atoms with E-state index in [2.05, 4.69) is 10.6 Å². The Morgan fingerprint density at radius 1 is 1.00 bits per heavy atom. The largest absolute Gasteiger partial charge is 0.460 e. The summed E-state index contributed by atoms with van der Waals surface area (Å²) in [4.78, 5) is 23.5. The Morgan fingerprint density at radius 2 is 1.50 bits per heavy atom. The molecule has 0 rings (SSSR count). The molecule has 6 nitrogen and oxygen atoms in total. The predicted molar refractivity (Wildman–Crippen MR) is 77.5 cm³/mol. The van der Waals surface area contributed by atoms with Crippen molar-refractivity contribution in [1.29, 1.82) is 0 Å². The number of carbonyl (C=O) groups excluding carboxylic acids is 2. The first-order valence-corrected chi connectivity index (χ1v) is 6.79. The highest BCUT2D eigenvalue weighted by Gasteiger charge is 2.23. The fourth-order valence-electron chi connectivity index (χ4n) is 1.48. The van der Waals surface area contributed by atoms with E-state index in [9.17, 15) is 9.59 Å². The lowest BCUT2D eigenvalue weighted by molar-refractivity contribution is -0.155. The van der Waals surface area contributed by atoms with Crippen LogP contribution in [0.25, 0.3) is 0 Å². The van der Waals surface area contributed by atoms with Gasteiger partial charge in [-0.3, -0.25) is 4.79 Å². The molecule has 0 heterocycles. The van der Waals surface area contributed by atoms with Crippen LogP contribution in [0.2, 0.25) is 0 Å². The van der Waals surface area contributed by atoms with Crippen LogP contribution in [0.1, 0.15) is 48.0 Å². The van der Waals surface area contributed by atoms with Gasteiger partial charge >= 0.3 is 12.1 Å². The SMILES string of the molecule is CNC[C@H](CC(=O)OC(C)(C)C)NC(=O)OC(C)(C)C. The van der Waals surface area contributed by atoms with Crippen molar-refractivity contribution < 1.29 is 19.1 Å². The van der Waals surface area contributed by atoms with Crippen LogP contribution < -0.4 is 10.6 Å². The monoisotopic (exact) mass is 288 g/mol. The summed E-state index contributed by atoms with van der Waals surface area (Å²) in [5, 5.41) is 5.59. The molecular formula is C14H28N2O4. The van der Waals surface area contributed by atoms with E-state index in [1.807, 2.05) is 0 Å². The topological polar surface area (TPSA) is 76.7 Å². The summed E-state index contributed by atoms with van der Waals surface area (Å²) in [6, 6.07) is -0.371. The van der Waals surface area contributed by atoms with Crippen molar-refractivity contribution >= 4 is 12.1 Å². The Balaban J connectivity index is 4.43. The van der Waals surface area contributed by atoms with Gasteiger partial charge in [-0.25, -0.2) is 4.79 Å². The van der Waals surface area contributed by atoms with Crippen molar-refractivity contribution in [2.75, 3.05) is 13.6 Å². The van der Waals surface area contributed by atoms with Gasteiger partial charge < -0.3 is 20.1 Å². The van der Waals surface area contributed by atoms with E-state index in [-0.39, 0.29) is 18.4 Å². The van der Waals surface area contributed by atoms with Crippen molar-refractivity contribution in [1.82, 2.24) is 10.6 Å². The first-order chi connectivity index (χ1) is 8.93. The fraction of sp³-hybridized carbons (Fsp3) is 0.857. The van der Waals surface area contributed by atoms with Crippen molar-refractivity contribution in [3.63, 3.8) is 0 Å². The first kappa shape index (κ1) is 18.7. The molecule has 0 spiro atoms. The third-order valence-electron chi connectivity index (χ3n) is 2.00. The Labute approximate surface area is 121 Å². The second kappa shape index (κ2) is 7.47. The van der Waals surface area contributed by atoms with Crippen LogP contribution in [-0.4, -0.2) is 42.9 Å². The van der Waals surface area contributed by atoms with Gasteiger partial charge in [0.1, 0.15) is 11.2 Å². The zero-order chi connectivity index (χ0) is 16.0. The normalized spacial score (nSPS) is 13.6. The lowest BCUT2D eigenvalue weighted by Crippen LogP contribution is -2.45. The number of carbonyl (C=O) groups is 2. The minimum atomic E-state index is -0.569. The number of likely N-dealkylation sites (N-methyl/N-ethyl adjacent to an activating group) is 1. The average molecular weight is 288 g/mol. The van der Waals surface area contributed by atoms with E-state index in [0.29, 0.717) is 6.54 Å². The van der Waals surface area contributed by atoms with Crippen LogP contribution in [0.3, 0.4) is 0 Å². The van der Waals surface area contributed by atoms with Gasteiger partial charge in [-0.05, 0) is 48.6 Å². The number of amides is 1. The second-order valence-electron chi connectivity index (χ2n) is 6.69. The molecule has 1 amide bonds. The number of esters is 1. The van der Waals surface area contributed by atoms with Gasteiger partial charge in [-0.15, -0.1) is 0 Å². The van der Waals surface area contributed by atoms with Crippen LogP contribution in [0, 0.1) is 0 Å². The first-order valence-electron chi connectivity index (χ1n) is 6.79. The standard InChI is InChI=1S/C14H28N2O4/c1-13(2,3)19-11(17)8-10(9-15-7)16-12(18)20-14(4,5)6/h10,15H,8-9H2,1-7H3,(H,16,18)/t10-/m0/s1. The highest BCUT2D eigenvalue weighted by atomic mass is 16.6. The smallest absolute Gasteiger partial charge is 0.407 e. The van der Waals surface area contributed by atoms with E-state index in [1.54, 1.807) is 48.6 Å². The Morgan fingerprint density at radius 3 is 1.90 bits per heavy atom. The van der Waals surface area contributed by atoms with Crippen molar-refractivity contribution in [3.05, 3.63) is 0 Å². The maximum atomic E-state index is 11.8. The van der Waals surface area contributed by atoms with Crippen LogP contribution in [0.15, 0.2) is 0 Å². The maximum absolute atomic E-state index is 11.8. The molecule has 20 heavy (non-hydrogen) atoms. The second-order valence-corrected chi connectivity index (χ2v) is 6.69. The molecule has 0 bridgehead atoms. The molecule has 0 aromatic carbocycles. The zero-order valence-electron chi connectivity index (χ0n) is 13.6. The molecule has 0 aliphatic carbocycles. The zero-order valence-corrected chi connectivity index (χ0v) is 13.6. The number of alkyl carbamates (subject to hydrolysis) is 1. The molecule has 0 aliphatic heterocycles. The molecule has 0 aliphatic rings. The summed E-state index contributed by atoms with van der Waals surface area (Å²) in [6.07, 6.45) is -0.446. The molecule has 1 atom stereocenters. The summed E-state index contributed by atoms with van der Waals surface area (Å²) in [5.41, 5.74) is -1.10. The highest BCUT2D eigenvalue weighted by molar-refractivity contribution is 5.73. The number of rotatable bonds is 5. The van der Waals surface area contributed by atoms with Gasteiger partial charge in [-0.2, -0.15) is 0 Å². The van der Waals surface area contributed by atoms with Gasteiger partial charge in [0.05, 0.1) is 12.5 Å². The number of hydrogen-bond donors (Lipinski definition) is 2. The molecular weight excluding hydrogens is 260 g/mol. The minimum absolute atomic E-state index is 0.0946. The van der Waals surface area contributed by atoms with E-state index >= 15 is 0 Å². The van der Waals surface area contributed by atoms with E-state index < -0.39 is 17.3 Å². The minimum Gasteiger partial charge on any atom is -0.460 e. The molecule has 6 heteroatoms. The molecule has 0 fully saturated rings. The number of ether oxygens (including phenoxy) is 2. The molecule has 0 unspecified atom stereocenters. The van der Waals surface area contributed by atoms with Crippen molar-refractivity contribution in [3.8, 4) is 0 Å². The fourth-order valence-corrected chi connectivity index (χ4v) is 1.48. The van der Waals surface area contributed by atoms with Crippen LogP contribution in [0.5, 0.6) is 0 Å². The van der Waals surface area contributed by atoms with Gasteiger partial charge in [0.25, 0.3) is 0 Å². The van der Waals surface area contributed by atoms with Crippen molar-refractivity contribution in [2.24, 2.45) is 0 Å². The van der Waals surface area contributed by atoms with E-state index in [1.165, 1.54) is 0 Å². The number of hydrogen-bond acceptors (Lipinski definition) is 5. The van der Waals surface area contributed by atoms with E-state index in [4.69, 9.17) is 9.47 Å². The number of nitrogens with one attached hydrogen (secondary N) is 2. The maximum Gasteiger partial charge on any atom is 0.407 e. The van der Waals surface area contributed by atoms with Crippen LogP contribution >= 0.6 is 0 Å². The summed E-state index contributed by atoms with van der Waals surface area (Å²) in [6.45, 7) is 11.2.